The number of benzene rings is 1. The number of aryl methyl sites for hydroxylation is 1. The monoisotopic (exact) mass is 524 g/mol. The van der Waals surface area contributed by atoms with Gasteiger partial charge in [-0.3, -0.25) is 14.4 Å². The van der Waals surface area contributed by atoms with Gasteiger partial charge < -0.3 is 19.2 Å². The number of carboxylic acids is 1. The number of carboxylic acid groups (broad SMARTS) is 1. The predicted molar refractivity (Wildman–Crippen MR) is 142 cm³/mol. The van der Waals surface area contributed by atoms with Gasteiger partial charge in [0.25, 0.3) is 5.91 Å². The highest BCUT2D eigenvalue weighted by molar-refractivity contribution is 5.97. The number of Topliss-reactive ketones (excluding diaryl/α,β-unsaturated/α-hetero) is 1. The van der Waals surface area contributed by atoms with Gasteiger partial charge in [-0.15, -0.1) is 0 Å². The third-order valence-corrected chi connectivity index (χ3v) is 8.00. The number of amides is 1. The van der Waals surface area contributed by atoms with Crippen molar-refractivity contribution < 1.29 is 28.6 Å². The van der Waals surface area contributed by atoms with Gasteiger partial charge in [-0.05, 0) is 49.3 Å². The number of unbranched alkanes of at least 4 members (excludes halogenated alkanes) is 2. The summed E-state index contributed by atoms with van der Waals surface area (Å²) in [7, 11) is 1.53. The Morgan fingerprint density at radius 2 is 1.87 bits per heavy atom. The number of likely N-dealkylation sites (tertiary alicyclic amines) is 1. The average Bonchev–Trinajstić information content (AvgIpc) is 3.62. The van der Waals surface area contributed by atoms with Crippen LogP contribution in [0.3, 0.4) is 0 Å². The van der Waals surface area contributed by atoms with E-state index in [-0.39, 0.29) is 30.6 Å². The summed E-state index contributed by atoms with van der Waals surface area (Å²) in [5, 5.41) is 9.12. The Balaban J connectivity index is 1.35. The van der Waals surface area contributed by atoms with Gasteiger partial charge in [-0.1, -0.05) is 57.4 Å². The normalized spacial score (nSPS) is 18.0. The Bertz CT molecular complexity index is 1100. The fraction of sp³-hybridized carbons (Fsp3) is 0.600. The lowest BCUT2D eigenvalue weighted by molar-refractivity contribution is -0.136. The number of carbonyl (C=O) groups excluding carboxylic acids is 2. The molecule has 1 N–H and O–H groups in total. The molecule has 0 bridgehead atoms. The Labute approximate surface area is 224 Å². The molecule has 1 aromatic heterocycles. The summed E-state index contributed by atoms with van der Waals surface area (Å²) in [4.78, 5) is 43.7. The first-order chi connectivity index (χ1) is 18.5. The number of rotatable bonds is 13. The predicted octanol–water partition coefficient (Wildman–Crippen LogP) is 6.39. The molecular formula is C30H40N2O6. The molecular weight excluding hydrogens is 484 g/mol. The van der Waals surface area contributed by atoms with Crippen molar-refractivity contribution >= 4 is 17.7 Å². The van der Waals surface area contributed by atoms with Crippen LogP contribution in [0, 0.1) is 5.92 Å². The second-order valence-electron chi connectivity index (χ2n) is 10.7. The van der Waals surface area contributed by atoms with Gasteiger partial charge in [0.1, 0.15) is 23.7 Å². The molecule has 1 aromatic carbocycles. The fourth-order valence-electron chi connectivity index (χ4n) is 5.83. The summed E-state index contributed by atoms with van der Waals surface area (Å²) in [5.74, 6) is 0.643. The molecule has 2 aliphatic rings. The van der Waals surface area contributed by atoms with Crippen molar-refractivity contribution in [3.05, 3.63) is 47.2 Å². The van der Waals surface area contributed by atoms with E-state index in [1.165, 1.54) is 58.3 Å². The molecule has 38 heavy (non-hydrogen) atoms. The SMILES string of the molecule is COc1ccc(CCC(=O)O)c(C(=O)N2CCC[C@H]2c2nc(C(=O)CCCCCC3CCCCC3)co2)c1. The second-order valence-corrected chi connectivity index (χ2v) is 10.7. The summed E-state index contributed by atoms with van der Waals surface area (Å²) in [6, 6.07) is 4.78. The number of hydrogen-bond donors (Lipinski definition) is 1. The maximum atomic E-state index is 13.6. The molecule has 2 aromatic rings. The van der Waals surface area contributed by atoms with Crippen molar-refractivity contribution in [1.82, 2.24) is 9.88 Å². The molecule has 0 spiro atoms. The molecule has 8 nitrogen and oxygen atoms in total. The highest BCUT2D eigenvalue weighted by atomic mass is 16.5. The molecule has 8 heteroatoms. The van der Waals surface area contributed by atoms with Gasteiger partial charge in [0, 0.05) is 24.9 Å². The fourth-order valence-corrected chi connectivity index (χ4v) is 5.83. The largest absolute Gasteiger partial charge is 0.497 e. The summed E-state index contributed by atoms with van der Waals surface area (Å²) in [6.45, 7) is 0.533. The van der Waals surface area contributed by atoms with Gasteiger partial charge in [-0.2, -0.15) is 0 Å². The third-order valence-electron chi connectivity index (χ3n) is 8.00. The Kier molecular flexibility index (Phi) is 9.96. The maximum Gasteiger partial charge on any atom is 0.303 e. The van der Waals surface area contributed by atoms with E-state index in [1.54, 1.807) is 23.1 Å². The molecule has 2 fully saturated rings. The van der Waals surface area contributed by atoms with E-state index in [0.717, 1.165) is 25.2 Å². The average molecular weight is 525 g/mol. The van der Waals surface area contributed by atoms with Crippen LogP contribution in [0.5, 0.6) is 5.75 Å². The summed E-state index contributed by atoms with van der Waals surface area (Å²) in [6.07, 6.45) is 14.8. The molecule has 1 aliphatic heterocycles. The van der Waals surface area contributed by atoms with Gasteiger partial charge in [0.05, 0.1) is 7.11 Å². The molecule has 1 saturated carbocycles. The van der Waals surface area contributed by atoms with Crippen molar-refractivity contribution in [3.8, 4) is 5.75 Å². The first-order valence-corrected chi connectivity index (χ1v) is 14.1. The van der Waals surface area contributed by atoms with Crippen LogP contribution in [-0.2, 0) is 11.2 Å². The minimum absolute atomic E-state index is 0.0164. The highest BCUT2D eigenvalue weighted by Crippen LogP contribution is 2.34. The number of hydrogen-bond acceptors (Lipinski definition) is 6. The van der Waals surface area contributed by atoms with Crippen LogP contribution in [0.15, 0.2) is 28.9 Å². The number of aliphatic carboxylic acids is 1. The van der Waals surface area contributed by atoms with Crippen molar-refractivity contribution in [2.75, 3.05) is 13.7 Å². The third kappa shape index (κ3) is 7.23. The van der Waals surface area contributed by atoms with Crippen molar-refractivity contribution in [1.29, 1.82) is 0 Å². The van der Waals surface area contributed by atoms with Crippen LogP contribution in [0.2, 0.25) is 0 Å². The molecule has 1 saturated heterocycles. The quantitative estimate of drug-likeness (QED) is 0.239. The number of aromatic nitrogens is 1. The van der Waals surface area contributed by atoms with Crippen LogP contribution in [0.1, 0.15) is 122 Å². The molecule has 4 rings (SSSR count). The van der Waals surface area contributed by atoms with Crippen LogP contribution < -0.4 is 4.74 Å². The molecule has 0 unspecified atom stereocenters. The standard InChI is InChI=1S/C30H40N2O6/c1-37-23-16-14-22(15-17-28(34)35)24(19-23)30(36)32-18-8-12-26(32)29-31-25(20-38-29)27(33)13-7-3-6-11-21-9-4-2-5-10-21/h14,16,19-21,26H,2-13,15,17-18H2,1H3,(H,34,35)/t26-/m0/s1. The van der Waals surface area contributed by atoms with Crippen LogP contribution in [-0.4, -0.2) is 46.3 Å². The lowest BCUT2D eigenvalue weighted by Gasteiger charge is -2.24. The molecule has 2 heterocycles. The van der Waals surface area contributed by atoms with Crippen LogP contribution in [0.25, 0.3) is 0 Å². The van der Waals surface area contributed by atoms with E-state index in [1.807, 2.05) is 0 Å². The lowest BCUT2D eigenvalue weighted by atomic mass is 9.85. The first-order valence-electron chi connectivity index (χ1n) is 14.1. The zero-order chi connectivity index (χ0) is 26.9. The van der Waals surface area contributed by atoms with Gasteiger partial charge >= 0.3 is 5.97 Å². The molecule has 1 amide bonds. The Morgan fingerprint density at radius 3 is 2.63 bits per heavy atom. The number of oxazole rings is 1. The van der Waals surface area contributed by atoms with E-state index < -0.39 is 5.97 Å². The van der Waals surface area contributed by atoms with Crippen LogP contribution in [0.4, 0.5) is 0 Å². The summed E-state index contributed by atoms with van der Waals surface area (Å²) >= 11 is 0. The summed E-state index contributed by atoms with van der Waals surface area (Å²) < 4.78 is 11.0. The Morgan fingerprint density at radius 1 is 1.05 bits per heavy atom. The zero-order valence-electron chi connectivity index (χ0n) is 22.5. The lowest BCUT2D eigenvalue weighted by Crippen LogP contribution is -2.31. The minimum atomic E-state index is -0.917. The number of methoxy groups -OCH3 is 1. The highest BCUT2D eigenvalue weighted by Gasteiger charge is 2.35. The van der Waals surface area contributed by atoms with Crippen molar-refractivity contribution in [3.63, 3.8) is 0 Å². The number of nitrogens with zero attached hydrogens (tertiary/aromatic N) is 2. The van der Waals surface area contributed by atoms with E-state index >= 15 is 0 Å². The van der Waals surface area contributed by atoms with E-state index in [9.17, 15) is 14.4 Å². The van der Waals surface area contributed by atoms with Gasteiger partial charge in [0.15, 0.2) is 5.78 Å². The van der Waals surface area contributed by atoms with Crippen molar-refractivity contribution in [2.24, 2.45) is 5.92 Å². The summed E-state index contributed by atoms with van der Waals surface area (Å²) in [5.41, 5.74) is 1.42. The minimum Gasteiger partial charge on any atom is -0.497 e. The molecule has 1 atom stereocenters. The zero-order valence-corrected chi connectivity index (χ0v) is 22.5. The van der Waals surface area contributed by atoms with Crippen LogP contribution >= 0.6 is 0 Å². The number of carbonyl (C=O) groups is 3. The van der Waals surface area contributed by atoms with Gasteiger partial charge in [0.2, 0.25) is 5.89 Å². The molecule has 1 aliphatic carbocycles. The smallest absolute Gasteiger partial charge is 0.303 e. The first kappa shape index (κ1) is 27.9. The van der Waals surface area contributed by atoms with Crippen molar-refractivity contribution in [2.45, 2.75) is 95.9 Å². The molecule has 0 radical (unpaired) electrons. The number of ketones is 1. The van der Waals surface area contributed by atoms with Gasteiger partial charge in [-0.25, -0.2) is 4.98 Å². The van der Waals surface area contributed by atoms with E-state index in [0.29, 0.717) is 47.8 Å². The van der Waals surface area contributed by atoms with E-state index in [4.69, 9.17) is 14.3 Å². The van der Waals surface area contributed by atoms with E-state index in [2.05, 4.69) is 4.98 Å². The maximum absolute atomic E-state index is 13.6. The topological polar surface area (TPSA) is 110 Å². The second kappa shape index (κ2) is 13.6. The molecule has 206 valence electrons. The Hall–Kier alpha value is -3.16. The number of ether oxygens (including phenoxy) is 1.